The fourth-order valence-corrected chi connectivity index (χ4v) is 3.15. The number of benzene rings is 1. The first-order chi connectivity index (χ1) is 12.3. The highest BCUT2D eigenvalue weighted by Gasteiger charge is 2.36. The highest BCUT2D eigenvalue weighted by atomic mass is 19.4. The van der Waals surface area contributed by atoms with Gasteiger partial charge in [-0.15, -0.1) is 0 Å². The molecule has 0 radical (unpaired) electrons. The topological polar surface area (TPSA) is 92.1 Å². The molecule has 3 rings (SSSR count). The molecule has 2 heterocycles. The zero-order valence-corrected chi connectivity index (χ0v) is 13.7. The number of nitrogens with one attached hydrogen (secondary N) is 1. The summed E-state index contributed by atoms with van der Waals surface area (Å²) in [6.45, 7) is 0.640. The van der Waals surface area contributed by atoms with Crippen molar-refractivity contribution in [3.8, 4) is 0 Å². The lowest BCUT2D eigenvalue weighted by molar-refractivity contribution is -0.138. The number of primary amides is 1. The van der Waals surface area contributed by atoms with Crippen molar-refractivity contribution in [1.82, 2.24) is 15.1 Å². The summed E-state index contributed by atoms with van der Waals surface area (Å²) in [5, 5.41) is 6.58. The van der Waals surface area contributed by atoms with Crippen LogP contribution in [0.5, 0.6) is 0 Å². The van der Waals surface area contributed by atoms with Crippen molar-refractivity contribution < 1.29 is 22.8 Å². The second-order valence-corrected chi connectivity index (χ2v) is 6.18. The Morgan fingerprint density at radius 3 is 2.42 bits per heavy atom. The molecule has 0 saturated carbocycles. The van der Waals surface area contributed by atoms with E-state index >= 15 is 0 Å². The van der Waals surface area contributed by atoms with Crippen LogP contribution < -0.4 is 5.73 Å². The van der Waals surface area contributed by atoms with E-state index < -0.39 is 23.6 Å². The van der Waals surface area contributed by atoms with Gasteiger partial charge in [-0.25, -0.2) is 0 Å². The van der Waals surface area contributed by atoms with Crippen molar-refractivity contribution in [3.05, 3.63) is 52.8 Å². The molecular formula is C17H17F3N4O2. The Balaban J connectivity index is 1.70. The normalized spacial score (nSPS) is 15.9. The van der Waals surface area contributed by atoms with Crippen LogP contribution in [0.25, 0.3) is 0 Å². The molecule has 0 spiro atoms. The number of carbonyl (C=O) groups is 2. The third kappa shape index (κ3) is 3.56. The first-order valence-corrected chi connectivity index (χ1v) is 8.08. The second-order valence-electron chi connectivity index (χ2n) is 6.18. The van der Waals surface area contributed by atoms with Crippen molar-refractivity contribution in [2.45, 2.75) is 24.9 Å². The number of rotatable bonds is 3. The maximum Gasteiger partial charge on any atom is 0.417 e. The van der Waals surface area contributed by atoms with E-state index in [4.69, 9.17) is 5.73 Å². The molecule has 2 aromatic rings. The van der Waals surface area contributed by atoms with Crippen LogP contribution in [-0.2, 0) is 6.18 Å². The average molecular weight is 366 g/mol. The highest BCUT2D eigenvalue weighted by molar-refractivity contribution is 5.96. The molecule has 138 valence electrons. The molecule has 2 amide bonds. The zero-order valence-electron chi connectivity index (χ0n) is 13.7. The summed E-state index contributed by atoms with van der Waals surface area (Å²) in [6, 6.07) is 6.37. The van der Waals surface area contributed by atoms with E-state index in [1.807, 2.05) is 0 Å². The monoisotopic (exact) mass is 366 g/mol. The Kier molecular flexibility index (Phi) is 4.71. The predicted octanol–water partition coefficient (Wildman–Crippen LogP) is 2.55. The number of piperidine rings is 1. The van der Waals surface area contributed by atoms with E-state index in [1.165, 1.54) is 23.1 Å². The van der Waals surface area contributed by atoms with Gasteiger partial charge in [-0.1, -0.05) is 12.1 Å². The van der Waals surface area contributed by atoms with Crippen LogP contribution in [0.3, 0.4) is 0 Å². The van der Waals surface area contributed by atoms with Gasteiger partial charge in [0.1, 0.15) is 5.69 Å². The van der Waals surface area contributed by atoms with Crippen molar-refractivity contribution in [1.29, 1.82) is 0 Å². The molecule has 9 heteroatoms. The van der Waals surface area contributed by atoms with E-state index in [0.717, 1.165) is 11.8 Å². The minimum Gasteiger partial charge on any atom is -0.364 e. The van der Waals surface area contributed by atoms with E-state index in [1.54, 1.807) is 6.07 Å². The fourth-order valence-electron chi connectivity index (χ4n) is 3.15. The summed E-state index contributed by atoms with van der Waals surface area (Å²) in [7, 11) is 0. The Bertz CT molecular complexity index is 823. The minimum absolute atomic E-state index is 0.0394. The van der Waals surface area contributed by atoms with Crippen LogP contribution in [0.15, 0.2) is 30.3 Å². The molecule has 0 aliphatic carbocycles. The second kappa shape index (κ2) is 6.81. The van der Waals surface area contributed by atoms with Crippen LogP contribution in [0, 0.1) is 0 Å². The van der Waals surface area contributed by atoms with Gasteiger partial charge in [-0.2, -0.15) is 18.3 Å². The van der Waals surface area contributed by atoms with Gasteiger partial charge in [0.2, 0.25) is 0 Å². The SMILES string of the molecule is NC(=O)c1cc(C2CCN(C(=O)c3ccccc3C(F)(F)F)CC2)[nH]n1. The molecule has 26 heavy (non-hydrogen) atoms. The zero-order chi connectivity index (χ0) is 18.9. The molecule has 1 aromatic heterocycles. The number of aromatic amines is 1. The van der Waals surface area contributed by atoms with Crippen molar-refractivity contribution in [2.24, 2.45) is 5.73 Å². The Labute approximate surface area is 147 Å². The number of aromatic nitrogens is 2. The van der Waals surface area contributed by atoms with Gasteiger partial charge in [-0.05, 0) is 31.0 Å². The smallest absolute Gasteiger partial charge is 0.364 e. The van der Waals surface area contributed by atoms with Gasteiger partial charge in [0.05, 0.1) is 11.1 Å². The number of nitrogens with zero attached hydrogens (tertiary/aromatic N) is 2. The molecule has 3 N–H and O–H groups in total. The van der Waals surface area contributed by atoms with Crippen LogP contribution in [-0.4, -0.2) is 40.0 Å². The molecular weight excluding hydrogens is 349 g/mol. The molecule has 1 saturated heterocycles. The molecule has 1 aliphatic rings. The molecule has 6 nitrogen and oxygen atoms in total. The summed E-state index contributed by atoms with van der Waals surface area (Å²) in [4.78, 5) is 25.1. The van der Waals surface area contributed by atoms with Crippen molar-refractivity contribution >= 4 is 11.8 Å². The van der Waals surface area contributed by atoms with Crippen LogP contribution in [0.4, 0.5) is 13.2 Å². The third-order valence-electron chi connectivity index (χ3n) is 4.53. The first-order valence-electron chi connectivity index (χ1n) is 8.08. The van der Waals surface area contributed by atoms with Crippen molar-refractivity contribution in [2.75, 3.05) is 13.1 Å². The number of hydrogen-bond acceptors (Lipinski definition) is 3. The van der Waals surface area contributed by atoms with Gasteiger partial charge in [-0.3, -0.25) is 14.7 Å². The standard InChI is InChI=1S/C17H17F3N4O2/c18-17(19,20)12-4-2-1-3-11(12)16(26)24-7-5-10(6-8-24)13-9-14(15(21)25)23-22-13/h1-4,9-10H,5-8H2,(H2,21,25)(H,22,23). The van der Waals surface area contributed by atoms with E-state index in [2.05, 4.69) is 10.2 Å². The lowest BCUT2D eigenvalue weighted by Crippen LogP contribution is -2.38. The number of nitrogens with two attached hydrogens (primary N) is 1. The predicted molar refractivity (Wildman–Crippen MR) is 86.4 cm³/mol. The fraction of sp³-hybridized carbons (Fsp3) is 0.353. The quantitative estimate of drug-likeness (QED) is 0.874. The maximum absolute atomic E-state index is 13.1. The third-order valence-corrected chi connectivity index (χ3v) is 4.53. The van der Waals surface area contributed by atoms with E-state index in [0.29, 0.717) is 25.9 Å². The number of likely N-dealkylation sites (tertiary alicyclic amines) is 1. The Morgan fingerprint density at radius 2 is 1.85 bits per heavy atom. The summed E-state index contributed by atoms with van der Waals surface area (Å²) in [6.07, 6.45) is -3.47. The Hall–Kier alpha value is -2.84. The highest BCUT2D eigenvalue weighted by Crippen LogP contribution is 2.33. The molecule has 1 aliphatic heterocycles. The first kappa shape index (κ1) is 18.0. The number of halogens is 3. The number of carbonyl (C=O) groups excluding carboxylic acids is 2. The number of H-pyrrole nitrogens is 1. The van der Waals surface area contributed by atoms with Crippen molar-refractivity contribution in [3.63, 3.8) is 0 Å². The van der Waals surface area contributed by atoms with Crippen LogP contribution >= 0.6 is 0 Å². The largest absolute Gasteiger partial charge is 0.417 e. The summed E-state index contributed by atoms with van der Waals surface area (Å²) >= 11 is 0. The maximum atomic E-state index is 13.1. The van der Waals surface area contributed by atoms with E-state index in [-0.39, 0.29) is 17.2 Å². The summed E-state index contributed by atoms with van der Waals surface area (Å²) < 4.78 is 39.3. The molecule has 0 bridgehead atoms. The van der Waals surface area contributed by atoms with Crippen LogP contribution in [0.1, 0.15) is 50.9 Å². The lowest BCUT2D eigenvalue weighted by atomic mass is 9.92. The number of amides is 2. The Morgan fingerprint density at radius 1 is 1.19 bits per heavy atom. The number of hydrogen-bond donors (Lipinski definition) is 2. The average Bonchev–Trinajstić information content (AvgIpc) is 3.11. The van der Waals surface area contributed by atoms with Gasteiger partial charge >= 0.3 is 6.18 Å². The molecule has 1 aromatic carbocycles. The van der Waals surface area contributed by atoms with Gasteiger partial charge < -0.3 is 10.6 Å². The van der Waals surface area contributed by atoms with Gasteiger partial charge in [0.25, 0.3) is 11.8 Å². The molecule has 0 atom stereocenters. The number of alkyl halides is 3. The van der Waals surface area contributed by atoms with E-state index in [9.17, 15) is 22.8 Å². The minimum atomic E-state index is -4.58. The van der Waals surface area contributed by atoms with Gasteiger partial charge in [0, 0.05) is 24.7 Å². The van der Waals surface area contributed by atoms with Gasteiger partial charge in [0.15, 0.2) is 0 Å². The summed E-state index contributed by atoms with van der Waals surface area (Å²) in [5.74, 6) is -1.22. The molecule has 0 unspecified atom stereocenters. The molecule has 1 fully saturated rings. The summed E-state index contributed by atoms with van der Waals surface area (Å²) in [5.41, 5.74) is 4.78. The lowest BCUT2D eigenvalue weighted by Gasteiger charge is -2.32. The van der Waals surface area contributed by atoms with Crippen LogP contribution in [0.2, 0.25) is 0 Å².